The van der Waals surface area contributed by atoms with Crippen LogP contribution < -0.4 is 10.1 Å². The predicted octanol–water partition coefficient (Wildman–Crippen LogP) is 2.18. The number of hydrogen-bond acceptors (Lipinski definition) is 4. The van der Waals surface area contributed by atoms with Crippen molar-refractivity contribution in [3.63, 3.8) is 0 Å². The maximum absolute atomic E-state index is 12.6. The maximum atomic E-state index is 12.6. The molecule has 27 heavy (non-hydrogen) atoms. The van der Waals surface area contributed by atoms with Gasteiger partial charge in [0.15, 0.2) is 0 Å². The first-order chi connectivity index (χ1) is 13.2. The van der Waals surface area contributed by atoms with Crippen LogP contribution in [0.5, 0.6) is 5.75 Å². The van der Waals surface area contributed by atoms with Crippen LogP contribution in [0.25, 0.3) is 11.0 Å². The molecular weight excluding hydrogens is 344 g/mol. The van der Waals surface area contributed by atoms with E-state index in [4.69, 9.17) is 4.74 Å². The van der Waals surface area contributed by atoms with E-state index in [1.165, 1.54) is 0 Å². The highest BCUT2D eigenvalue weighted by Gasteiger charge is 2.28. The number of hydrogen-bond donors (Lipinski definition) is 2. The summed E-state index contributed by atoms with van der Waals surface area (Å²) in [7, 11) is 1.64. The number of ether oxygens (including phenoxy) is 1. The zero-order chi connectivity index (χ0) is 18.6. The van der Waals surface area contributed by atoms with Crippen LogP contribution in [0.15, 0.2) is 36.7 Å². The summed E-state index contributed by atoms with van der Waals surface area (Å²) in [6, 6.07) is 7.83. The number of carbonyl (C=O) groups excluding carboxylic acids is 1. The molecule has 0 radical (unpaired) electrons. The molecule has 1 fully saturated rings. The van der Waals surface area contributed by atoms with Crippen LogP contribution in [0.2, 0.25) is 0 Å². The molecule has 4 rings (SSSR count). The zero-order valence-corrected chi connectivity index (χ0v) is 15.4. The van der Waals surface area contributed by atoms with Crippen molar-refractivity contribution in [2.24, 2.45) is 0 Å². The molecule has 1 aromatic carbocycles. The van der Waals surface area contributed by atoms with Crippen LogP contribution >= 0.6 is 0 Å². The van der Waals surface area contributed by atoms with Crippen molar-refractivity contribution in [3.05, 3.63) is 42.5 Å². The highest BCUT2D eigenvalue weighted by Crippen LogP contribution is 2.20. The number of aromatic nitrogens is 4. The lowest BCUT2D eigenvalue weighted by atomic mass is 10.2. The number of nitrogens with one attached hydrogen (secondary N) is 2. The van der Waals surface area contributed by atoms with Gasteiger partial charge >= 0.3 is 6.03 Å². The predicted molar refractivity (Wildman–Crippen MR) is 102 cm³/mol. The first-order valence-electron chi connectivity index (χ1n) is 9.27. The number of fused-ring (bicyclic) bond motifs is 1. The molecule has 0 unspecified atom stereocenters. The quantitative estimate of drug-likeness (QED) is 0.698. The van der Waals surface area contributed by atoms with Crippen LogP contribution in [0.3, 0.4) is 0 Å². The van der Waals surface area contributed by atoms with Gasteiger partial charge in [0, 0.05) is 38.0 Å². The summed E-state index contributed by atoms with van der Waals surface area (Å²) in [6.07, 6.45) is 6.40. The number of amides is 2. The summed E-state index contributed by atoms with van der Waals surface area (Å²) in [4.78, 5) is 22.3. The van der Waals surface area contributed by atoms with Gasteiger partial charge in [-0.25, -0.2) is 9.78 Å². The van der Waals surface area contributed by atoms with Gasteiger partial charge in [-0.15, -0.1) is 0 Å². The van der Waals surface area contributed by atoms with Crippen LogP contribution in [-0.2, 0) is 13.0 Å². The van der Waals surface area contributed by atoms with E-state index in [-0.39, 0.29) is 12.1 Å². The molecular formula is C19H24N6O2. The number of benzene rings is 1. The van der Waals surface area contributed by atoms with Crippen molar-refractivity contribution in [3.8, 4) is 5.75 Å². The van der Waals surface area contributed by atoms with E-state index in [2.05, 4.69) is 20.4 Å². The fraction of sp³-hybridized carbons (Fsp3) is 0.421. The lowest BCUT2D eigenvalue weighted by Crippen LogP contribution is -2.45. The van der Waals surface area contributed by atoms with E-state index in [1.807, 2.05) is 40.0 Å². The van der Waals surface area contributed by atoms with E-state index in [0.717, 1.165) is 48.5 Å². The average Bonchev–Trinajstić information content (AvgIpc) is 3.41. The molecule has 3 aromatic rings. The molecule has 142 valence electrons. The molecule has 2 aromatic heterocycles. The summed E-state index contributed by atoms with van der Waals surface area (Å²) < 4.78 is 7.12. The van der Waals surface area contributed by atoms with Gasteiger partial charge in [-0.1, -0.05) is 0 Å². The number of urea groups is 1. The molecule has 1 atom stereocenters. The Kier molecular flexibility index (Phi) is 4.95. The Morgan fingerprint density at radius 1 is 1.44 bits per heavy atom. The molecule has 1 saturated heterocycles. The Morgan fingerprint density at radius 3 is 3.19 bits per heavy atom. The number of imidazole rings is 1. The summed E-state index contributed by atoms with van der Waals surface area (Å²) in [5, 5.41) is 7.27. The van der Waals surface area contributed by atoms with Gasteiger partial charge in [-0.2, -0.15) is 5.10 Å². The fourth-order valence-corrected chi connectivity index (χ4v) is 3.59. The Labute approximate surface area is 157 Å². The first kappa shape index (κ1) is 17.4. The number of carbonyl (C=O) groups is 1. The summed E-state index contributed by atoms with van der Waals surface area (Å²) in [6.45, 7) is 2.08. The number of aromatic amines is 1. The van der Waals surface area contributed by atoms with Crippen molar-refractivity contribution in [1.29, 1.82) is 0 Å². The van der Waals surface area contributed by atoms with E-state index in [9.17, 15) is 4.79 Å². The highest BCUT2D eigenvalue weighted by atomic mass is 16.5. The monoisotopic (exact) mass is 368 g/mol. The van der Waals surface area contributed by atoms with Crippen molar-refractivity contribution < 1.29 is 9.53 Å². The normalized spacial score (nSPS) is 16.8. The van der Waals surface area contributed by atoms with Crippen molar-refractivity contribution in [1.82, 2.24) is 30.0 Å². The molecule has 0 saturated carbocycles. The topological polar surface area (TPSA) is 88.1 Å². The SMILES string of the molecule is COc1ccc2nc(CCNC(=O)N3CCC[C@@H]3Cn3cccn3)[nH]c2c1. The molecule has 3 heterocycles. The zero-order valence-electron chi connectivity index (χ0n) is 15.4. The third-order valence-corrected chi connectivity index (χ3v) is 4.97. The van der Waals surface area contributed by atoms with Gasteiger partial charge < -0.3 is 19.9 Å². The molecule has 0 aliphatic carbocycles. The number of likely N-dealkylation sites (tertiary alicyclic amines) is 1. The smallest absolute Gasteiger partial charge is 0.317 e. The Bertz CT molecular complexity index is 904. The van der Waals surface area contributed by atoms with Crippen LogP contribution in [0.1, 0.15) is 18.7 Å². The third kappa shape index (κ3) is 3.89. The molecule has 0 spiro atoms. The van der Waals surface area contributed by atoms with E-state index < -0.39 is 0 Å². The molecule has 1 aliphatic heterocycles. The fourth-order valence-electron chi connectivity index (χ4n) is 3.59. The van der Waals surface area contributed by atoms with Gasteiger partial charge in [0.05, 0.1) is 30.7 Å². The minimum Gasteiger partial charge on any atom is -0.497 e. The number of rotatable bonds is 6. The van der Waals surface area contributed by atoms with Crippen LogP contribution in [0, 0.1) is 0 Å². The third-order valence-electron chi connectivity index (χ3n) is 4.97. The Hall–Kier alpha value is -3.03. The average molecular weight is 368 g/mol. The maximum Gasteiger partial charge on any atom is 0.317 e. The molecule has 8 nitrogen and oxygen atoms in total. The second-order valence-corrected chi connectivity index (χ2v) is 6.77. The summed E-state index contributed by atoms with van der Waals surface area (Å²) in [5.41, 5.74) is 1.84. The van der Waals surface area contributed by atoms with E-state index >= 15 is 0 Å². The van der Waals surface area contributed by atoms with Crippen LogP contribution in [-0.4, -0.2) is 56.9 Å². The highest BCUT2D eigenvalue weighted by molar-refractivity contribution is 5.77. The Balaban J connectivity index is 1.31. The minimum atomic E-state index is -0.0116. The second-order valence-electron chi connectivity index (χ2n) is 6.77. The standard InChI is InChI=1S/C19H24N6O2/c1-27-15-5-6-16-17(12-15)23-18(22-16)7-9-20-19(26)25-11-2-4-14(25)13-24-10-3-8-21-24/h3,5-6,8,10,12,14H,2,4,7,9,11,13H2,1H3,(H,20,26)(H,22,23)/t14-/m1/s1. The van der Waals surface area contributed by atoms with Crippen LogP contribution in [0.4, 0.5) is 4.79 Å². The minimum absolute atomic E-state index is 0.0116. The largest absolute Gasteiger partial charge is 0.497 e. The number of methoxy groups -OCH3 is 1. The van der Waals surface area contributed by atoms with Gasteiger partial charge in [0.1, 0.15) is 11.6 Å². The molecule has 8 heteroatoms. The van der Waals surface area contributed by atoms with Gasteiger partial charge in [-0.3, -0.25) is 4.68 Å². The lowest BCUT2D eigenvalue weighted by molar-refractivity contribution is 0.186. The molecule has 2 N–H and O–H groups in total. The number of H-pyrrole nitrogens is 1. The van der Waals surface area contributed by atoms with Crippen molar-refractivity contribution >= 4 is 17.1 Å². The molecule has 0 bridgehead atoms. The van der Waals surface area contributed by atoms with Gasteiger partial charge in [-0.05, 0) is 31.0 Å². The van der Waals surface area contributed by atoms with E-state index in [0.29, 0.717) is 13.0 Å². The van der Waals surface area contributed by atoms with Crippen molar-refractivity contribution in [2.45, 2.75) is 31.8 Å². The van der Waals surface area contributed by atoms with Crippen molar-refractivity contribution in [2.75, 3.05) is 20.2 Å². The summed E-state index contributed by atoms with van der Waals surface area (Å²) >= 11 is 0. The van der Waals surface area contributed by atoms with E-state index in [1.54, 1.807) is 13.3 Å². The van der Waals surface area contributed by atoms with Gasteiger partial charge in [0.2, 0.25) is 0 Å². The number of nitrogens with zero attached hydrogens (tertiary/aromatic N) is 4. The molecule has 1 aliphatic rings. The second kappa shape index (κ2) is 7.69. The summed E-state index contributed by atoms with van der Waals surface area (Å²) in [5.74, 6) is 1.65. The lowest BCUT2D eigenvalue weighted by Gasteiger charge is -2.25. The van der Waals surface area contributed by atoms with Gasteiger partial charge in [0.25, 0.3) is 0 Å². The first-order valence-corrected chi connectivity index (χ1v) is 9.27. The molecule has 2 amide bonds. The Morgan fingerprint density at radius 2 is 2.37 bits per heavy atom.